The summed E-state index contributed by atoms with van der Waals surface area (Å²) in [6.45, 7) is 0. The fourth-order valence-electron chi connectivity index (χ4n) is 3.86. The standard InChI is InChI=1S/C22H13Br2NO3/c23-14-8-13-9-16(22(27)28-20(13)17(24)10-14)21(26)25-18-7-6-12-5-4-11-2-1-3-15(18)19(11)12/h1-3,6-10H,4-5H2,(H,25,26). The third kappa shape index (κ3) is 2.79. The number of carbonyl (C=O) groups excluding carboxylic acids is 1. The lowest BCUT2D eigenvalue weighted by Crippen LogP contribution is -2.20. The molecule has 1 aliphatic carbocycles. The molecule has 4 nitrogen and oxygen atoms in total. The second kappa shape index (κ2) is 6.57. The highest BCUT2D eigenvalue weighted by molar-refractivity contribution is 9.11. The lowest BCUT2D eigenvalue weighted by atomic mass is 10.0. The van der Waals surface area contributed by atoms with Gasteiger partial charge in [-0.25, -0.2) is 4.79 Å². The van der Waals surface area contributed by atoms with Crippen molar-refractivity contribution in [1.29, 1.82) is 0 Å². The molecule has 1 amide bonds. The molecule has 1 aromatic heterocycles. The molecule has 0 radical (unpaired) electrons. The zero-order chi connectivity index (χ0) is 19.4. The van der Waals surface area contributed by atoms with E-state index in [1.54, 1.807) is 18.2 Å². The van der Waals surface area contributed by atoms with Gasteiger partial charge in [-0.3, -0.25) is 4.79 Å². The number of halogens is 2. The third-order valence-corrected chi connectivity index (χ3v) is 6.17. The van der Waals surface area contributed by atoms with E-state index in [1.807, 2.05) is 24.3 Å². The van der Waals surface area contributed by atoms with E-state index in [-0.39, 0.29) is 5.56 Å². The highest BCUT2D eigenvalue weighted by Gasteiger charge is 2.19. The van der Waals surface area contributed by atoms with Gasteiger partial charge in [0.15, 0.2) is 5.58 Å². The smallest absolute Gasteiger partial charge is 0.349 e. The second-order valence-corrected chi connectivity index (χ2v) is 8.59. The molecular formula is C22H13Br2NO3. The van der Waals surface area contributed by atoms with Crippen LogP contribution in [0.3, 0.4) is 0 Å². The molecule has 0 spiro atoms. The summed E-state index contributed by atoms with van der Waals surface area (Å²) in [5, 5.41) is 5.76. The van der Waals surface area contributed by atoms with E-state index < -0.39 is 11.5 Å². The zero-order valence-electron chi connectivity index (χ0n) is 14.5. The van der Waals surface area contributed by atoms with Crippen LogP contribution in [0.15, 0.2) is 66.7 Å². The predicted molar refractivity (Wildman–Crippen MR) is 117 cm³/mol. The van der Waals surface area contributed by atoms with Crippen LogP contribution in [0.4, 0.5) is 5.69 Å². The first kappa shape index (κ1) is 17.6. The Hall–Kier alpha value is -2.44. The van der Waals surface area contributed by atoms with Crippen molar-refractivity contribution in [3.05, 3.63) is 84.6 Å². The van der Waals surface area contributed by atoms with Crippen molar-refractivity contribution in [2.24, 2.45) is 0 Å². The Labute approximate surface area is 176 Å². The Kier molecular flexibility index (Phi) is 4.14. The van der Waals surface area contributed by atoms with E-state index in [0.29, 0.717) is 21.1 Å². The van der Waals surface area contributed by atoms with Crippen LogP contribution in [0, 0.1) is 0 Å². The molecule has 0 saturated heterocycles. The number of benzene rings is 3. The van der Waals surface area contributed by atoms with Crippen molar-refractivity contribution >= 4 is 65.2 Å². The number of hydrogen-bond donors (Lipinski definition) is 1. The molecule has 6 heteroatoms. The molecule has 0 atom stereocenters. The van der Waals surface area contributed by atoms with Crippen molar-refractivity contribution in [3.8, 4) is 0 Å². The lowest BCUT2D eigenvalue weighted by molar-refractivity contribution is 0.102. The van der Waals surface area contributed by atoms with Gasteiger partial charge in [-0.2, -0.15) is 0 Å². The number of nitrogens with one attached hydrogen (secondary N) is 1. The van der Waals surface area contributed by atoms with Gasteiger partial charge in [0.1, 0.15) is 5.56 Å². The van der Waals surface area contributed by atoms with Crippen LogP contribution in [0.1, 0.15) is 21.5 Å². The summed E-state index contributed by atoms with van der Waals surface area (Å²) >= 11 is 6.79. The fraction of sp³-hybridized carbons (Fsp3) is 0.0909. The molecule has 28 heavy (non-hydrogen) atoms. The highest BCUT2D eigenvalue weighted by Crippen LogP contribution is 2.35. The SMILES string of the molecule is O=C(Nc1ccc2c3c(cccc13)CC2)c1cc2cc(Br)cc(Br)c2oc1=O. The van der Waals surface area contributed by atoms with Gasteiger partial charge in [0.2, 0.25) is 0 Å². The van der Waals surface area contributed by atoms with Crippen LogP contribution < -0.4 is 10.9 Å². The van der Waals surface area contributed by atoms with Gasteiger partial charge in [-0.05, 0) is 69.6 Å². The Morgan fingerprint density at radius 2 is 1.79 bits per heavy atom. The van der Waals surface area contributed by atoms with Crippen LogP contribution in [0.2, 0.25) is 0 Å². The monoisotopic (exact) mass is 497 g/mol. The summed E-state index contributed by atoms with van der Waals surface area (Å²) in [6, 6.07) is 15.2. The van der Waals surface area contributed by atoms with Gasteiger partial charge in [0.25, 0.3) is 5.91 Å². The molecule has 0 bridgehead atoms. The normalized spacial score (nSPS) is 12.6. The van der Waals surface area contributed by atoms with Crippen LogP contribution in [-0.4, -0.2) is 5.91 Å². The number of rotatable bonds is 2. The first-order valence-corrected chi connectivity index (χ1v) is 10.4. The van der Waals surface area contributed by atoms with Crippen molar-refractivity contribution in [2.75, 3.05) is 5.32 Å². The van der Waals surface area contributed by atoms with Crippen LogP contribution in [-0.2, 0) is 12.8 Å². The molecule has 5 rings (SSSR count). The summed E-state index contributed by atoms with van der Waals surface area (Å²) in [7, 11) is 0. The van der Waals surface area contributed by atoms with E-state index in [2.05, 4.69) is 43.2 Å². The van der Waals surface area contributed by atoms with Gasteiger partial charge in [-0.15, -0.1) is 0 Å². The first-order valence-electron chi connectivity index (χ1n) is 8.79. The maximum atomic E-state index is 12.9. The number of anilines is 1. The molecule has 0 aliphatic heterocycles. The number of aryl methyl sites for hydroxylation is 2. The highest BCUT2D eigenvalue weighted by atomic mass is 79.9. The summed E-state index contributed by atoms with van der Waals surface area (Å²) in [5.74, 6) is -0.481. The molecule has 0 fully saturated rings. The molecular weight excluding hydrogens is 486 g/mol. The topological polar surface area (TPSA) is 59.3 Å². The van der Waals surface area contributed by atoms with Crippen LogP contribution in [0.25, 0.3) is 21.7 Å². The summed E-state index contributed by atoms with van der Waals surface area (Å²) in [4.78, 5) is 25.3. The Morgan fingerprint density at radius 3 is 2.61 bits per heavy atom. The average molecular weight is 499 g/mol. The Balaban J connectivity index is 1.59. The lowest BCUT2D eigenvalue weighted by Gasteiger charge is -2.11. The summed E-state index contributed by atoms with van der Waals surface area (Å²) in [5.41, 5.74) is 3.00. The van der Waals surface area contributed by atoms with Crippen LogP contribution >= 0.6 is 31.9 Å². The molecule has 3 aromatic carbocycles. The molecule has 1 N–H and O–H groups in total. The molecule has 138 valence electrons. The predicted octanol–water partition coefficient (Wildman–Crippen LogP) is 5.82. The van der Waals surface area contributed by atoms with Gasteiger partial charge >= 0.3 is 5.63 Å². The van der Waals surface area contributed by atoms with E-state index in [1.165, 1.54) is 16.5 Å². The Morgan fingerprint density at radius 1 is 1.00 bits per heavy atom. The number of hydrogen-bond acceptors (Lipinski definition) is 3. The minimum absolute atomic E-state index is 0.0271. The Bertz CT molecular complexity index is 1350. The number of amides is 1. The van der Waals surface area contributed by atoms with Gasteiger partial charge in [0, 0.05) is 20.9 Å². The minimum Gasteiger partial charge on any atom is -0.421 e. The van der Waals surface area contributed by atoms with Gasteiger partial charge < -0.3 is 9.73 Å². The largest absolute Gasteiger partial charge is 0.421 e. The molecule has 1 aliphatic rings. The van der Waals surface area contributed by atoms with Crippen LogP contribution in [0.5, 0.6) is 0 Å². The van der Waals surface area contributed by atoms with Crippen molar-refractivity contribution in [2.45, 2.75) is 12.8 Å². The van der Waals surface area contributed by atoms with Crippen molar-refractivity contribution in [3.63, 3.8) is 0 Å². The fourth-order valence-corrected chi connectivity index (χ4v) is 5.20. The summed E-state index contributed by atoms with van der Waals surface area (Å²) in [6.07, 6.45) is 2.03. The number of carbonyl (C=O) groups is 1. The average Bonchev–Trinajstić information content (AvgIpc) is 3.09. The maximum Gasteiger partial charge on any atom is 0.349 e. The van der Waals surface area contributed by atoms with E-state index in [4.69, 9.17) is 4.42 Å². The van der Waals surface area contributed by atoms with Crippen molar-refractivity contribution in [1.82, 2.24) is 0 Å². The van der Waals surface area contributed by atoms with E-state index in [0.717, 1.165) is 22.7 Å². The zero-order valence-corrected chi connectivity index (χ0v) is 17.7. The molecule has 1 heterocycles. The molecule has 0 unspecified atom stereocenters. The summed E-state index contributed by atoms with van der Waals surface area (Å²) < 4.78 is 6.85. The minimum atomic E-state index is -0.668. The number of fused-ring (bicyclic) bond motifs is 1. The third-order valence-electron chi connectivity index (χ3n) is 5.12. The first-order chi connectivity index (χ1) is 13.5. The van der Waals surface area contributed by atoms with E-state index >= 15 is 0 Å². The van der Waals surface area contributed by atoms with E-state index in [9.17, 15) is 9.59 Å². The maximum absolute atomic E-state index is 12.9. The second-order valence-electron chi connectivity index (χ2n) is 6.82. The molecule has 4 aromatic rings. The molecule has 0 saturated carbocycles. The van der Waals surface area contributed by atoms with Gasteiger partial charge in [-0.1, -0.05) is 40.2 Å². The van der Waals surface area contributed by atoms with Gasteiger partial charge in [0.05, 0.1) is 4.47 Å². The quantitative estimate of drug-likeness (QED) is 0.354. The van der Waals surface area contributed by atoms with Crippen molar-refractivity contribution < 1.29 is 9.21 Å².